The predicted octanol–water partition coefficient (Wildman–Crippen LogP) is -0.0740. The molecule has 12 heavy (non-hydrogen) atoms. The quantitative estimate of drug-likeness (QED) is 0.440. The molecule has 0 bridgehead atoms. The molecule has 0 aliphatic rings. The van der Waals surface area contributed by atoms with E-state index < -0.39 is 0 Å². The van der Waals surface area contributed by atoms with Gasteiger partial charge in [0.2, 0.25) is 0 Å². The third kappa shape index (κ3) is 7.30. The van der Waals surface area contributed by atoms with E-state index in [1.807, 2.05) is 6.92 Å². The molecule has 0 aromatic heterocycles. The van der Waals surface area contributed by atoms with Crippen LogP contribution in [0.15, 0.2) is 0 Å². The summed E-state index contributed by atoms with van der Waals surface area (Å²) in [6.45, 7) is 3.73. The highest BCUT2D eigenvalue weighted by atomic mass is 16.5. The maximum absolute atomic E-state index is 10.8. The number of rotatable bonds is 6. The minimum atomic E-state index is -0.236. The normalized spacial score (nSPS) is 9.50. The SMILES string of the molecule is CCOCNC(=O)NCCOC. The molecule has 5 nitrogen and oxygen atoms in total. The molecule has 0 aromatic rings. The monoisotopic (exact) mass is 176 g/mol. The van der Waals surface area contributed by atoms with E-state index in [2.05, 4.69) is 10.6 Å². The fourth-order valence-electron chi connectivity index (χ4n) is 0.548. The highest BCUT2D eigenvalue weighted by Gasteiger charge is 1.95. The van der Waals surface area contributed by atoms with E-state index in [9.17, 15) is 4.79 Å². The summed E-state index contributed by atoms with van der Waals surface area (Å²) in [5.74, 6) is 0. The van der Waals surface area contributed by atoms with Crippen molar-refractivity contribution in [2.75, 3.05) is 33.6 Å². The summed E-state index contributed by atoms with van der Waals surface area (Å²) in [6, 6.07) is -0.236. The average molecular weight is 176 g/mol. The summed E-state index contributed by atoms with van der Waals surface area (Å²) in [5, 5.41) is 5.10. The van der Waals surface area contributed by atoms with Crippen molar-refractivity contribution in [1.29, 1.82) is 0 Å². The Morgan fingerprint density at radius 3 is 2.75 bits per heavy atom. The van der Waals surface area contributed by atoms with E-state index in [4.69, 9.17) is 9.47 Å². The van der Waals surface area contributed by atoms with Gasteiger partial charge in [-0.1, -0.05) is 0 Å². The summed E-state index contributed by atoms with van der Waals surface area (Å²) < 4.78 is 9.65. The number of hydrogen-bond acceptors (Lipinski definition) is 3. The Morgan fingerprint density at radius 2 is 2.17 bits per heavy atom. The molecule has 0 saturated heterocycles. The second kappa shape index (κ2) is 8.29. The Kier molecular flexibility index (Phi) is 7.73. The maximum atomic E-state index is 10.8. The van der Waals surface area contributed by atoms with Crippen molar-refractivity contribution in [2.45, 2.75) is 6.92 Å². The molecule has 0 radical (unpaired) electrons. The zero-order chi connectivity index (χ0) is 9.23. The second-order valence-electron chi connectivity index (χ2n) is 2.06. The second-order valence-corrected chi connectivity index (χ2v) is 2.06. The minimum absolute atomic E-state index is 0.236. The van der Waals surface area contributed by atoms with Crippen LogP contribution in [0.3, 0.4) is 0 Å². The zero-order valence-electron chi connectivity index (χ0n) is 7.55. The van der Waals surface area contributed by atoms with Gasteiger partial charge in [0.05, 0.1) is 6.61 Å². The standard InChI is InChI=1S/C7H16N2O3/c1-3-12-6-9-7(10)8-4-5-11-2/h3-6H2,1-2H3,(H2,8,9,10). The number of carbonyl (C=O) groups is 1. The molecule has 0 unspecified atom stereocenters. The molecule has 0 atom stereocenters. The molecular formula is C7H16N2O3. The van der Waals surface area contributed by atoms with Crippen LogP contribution in [0.25, 0.3) is 0 Å². The molecular weight excluding hydrogens is 160 g/mol. The molecule has 0 spiro atoms. The molecule has 0 aliphatic carbocycles. The lowest BCUT2D eigenvalue weighted by Crippen LogP contribution is -2.38. The Morgan fingerprint density at radius 1 is 1.42 bits per heavy atom. The van der Waals surface area contributed by atoms with Gasteiger partial charge >= 0.3 is 6.03 Å². The first-order valence-corrected chi connectivity index (χ1v) is 3.89. The average Bonchev–Trinajstić information content (AvgIpc) is 2.06. The molecule has 0 fully saturated rings. The Hall–Kier alpha value is -0.810. The van der Waals surface area contributed by atoms with E-state index in [1.165, 1.54) is 0 Å². The number of nitrogens with one attached hydrogen (secondary N) is 2. The largest absolute Gasteiger partial charge is 0.383 e. The molecule has 2 amide bonds. The highest BCUT2D eigenvalue weighted by Crippen LogP contribution is 1.70. The van der Waals surface area contributed by atoms with Crippen molar-refractivity contribution >= 4 is 6.03 Å². The maximum Gasteiger partial charge on any atom is 0.316 e. The van der Waals surface area contributed by atoms with Gasteiger partial charge in [-0.3, -0.25) is 0 Å². The van der Waals surface area contributed by atoms with Gasteiger partial charge in [-0.25, -0.2) is 4.79 Å². The van der Waals surface area contributed by atoms with Crippen LogP contribution in [0, 0.1) is 0 Å². The number of methoxy groups -OCH3 is 1. The van der Waals surface area contributed by atoms with Crippen LogP contribution in [0.4, 0.5) is 4.79 Å². The van der Waals surface area contributed by atoms with Crippen LogP contribution in [0.5, 0.6) is 0 Å². The van der Waals surface area contributed by atoms with Crippen molar-refractivity contribution in [3.05, 3.63) is 0 Å². The molecule has 0 saturated carbocycles. The van der Waals surface area contributed by atoms with E-state index in [0.29, 0.717) is 19.8 Å². The summed E-state index contributed by atoms with van der Waals surface area (Å²) in [4.78, 5) is 10.8. The number of hydrogen-bond donors (Lipinski definition) is 2. The summed E-state index contributed by atoms with van der Waals surface area (Å²) in [5.41, 5.74) is 0. The summed E-state index contributed by atoms with van der Waals surface area (Å²) in [7, 11) is 1.58. The van der Waals surface area contributed by atoms with E-state index in [1.54, 1.807) is 7.11 Å². The van der Waals surface area contributed by atoms with Gasteiger partial charge in [-0.15, -0.1) is 0 Å². The lowest BCUT2D eigenvalue weighted by Gasteiger charge is -2.06. The highest BCUT2D eigenvalue weighted by molar-refractivity contribution is 5.73. The zero-order valence-corrected chi connectivity index (χ0v) is 7.55. The van der Waals surface area contributed by atoms with Crippen molar-refractivity contribution in [1.82, 2.24) is 10.6 Å². The van der Waals surface area contributed by atoms with Crippen molar-refractivity contribution in [3.63, 3.8) is 0 Å². The van der Waals surface area contributed by atoms with Crippen molar-refractivity contribution in [3.8, 4) is 0 Å². The molecule has 2 N–H and O–H groups in total. The van der Waals surface area contributed by atoms with Crippen LogP contribution in [0.2, 0.25) is 0 Å². The van der Waals surface area contributed by atoms with E-state index in [0.717, 1.165) is 0 Å². The molecule has 0 aromatic carbocycles. The van der Waals surface area contributed by atoms with Crippen molar-refractivity contribution < 1.29 is 14.3 Å². The summed E-state index contributed by atoms with van der Waals surface area (Å²) >= 11 is 0. The molecule has 0 rings (SSSR count). The number of ether oxygens (including phenoxy) is 2. The van der Waals surface area contributed by atoms with Gasteiger partial charge in [-0.05, 0) is 6.92 Å². The van der Waals surface area contributed by atoms with Gasteiger partial charge in [0.1, 0.15) is 6.73 Å². The minimum Gasteiger partial charge on any atom is -0.383 e. The van der Waals surface area contributed by atoms with Gasteiger partial charge in [0, 0.05) is 20.3 Å². The van der Waals surface area contributed by atoms with Gasteiger partial charge < -0.3 is 20.1 Å². The van der Waals surface area contributed by atoms with Crippen LogP contribution >= 0.6 is 0 Å². The number of amides is 2. The lowest BCUT2D eigenvalue weighted by atomic mass is 10.7. The fourth-order valence-corrected chi connectivity index (χ4v) is 0.548. The Balaban J connectivity index is 3.10. The van der Waals surface area contributed by atoms with Crippen LogP contribution in [-0.4, -0.2) is 39.6 Å². The van der Waals surface area contributed by atoms with E-state index >= 15 is 0 Å². The van der Waals surface area contributed by atoms with Gasteiger partial charge in [-0.2, -0.15) is 0 Å². The van der Waals surface area contributed by atoms with Crippen LogP contribution in [-0.2, 0) is 9.47 Å². The van der Waals surface area contributed by atoms with Gasteiger partial charge in [0.25, 0.3) is 0 Å². The van der Waals surface area contributed by atoms with Gasteiger partial charge in [0.15, 0.2) is 0 Å². The smallest absolute Gasteiger partial charge is 0.316 e. The molecule has 0 aliphatic heterocycles. The van der Waals surface area contributed by atoms with Crippen LogP contribution < -0.4 is 10.6 Å². The fraction of sp³-hybridized carbons (Fsp3) is 0.857. The molecule has 0 heterocycles. The molecule has 72 valence electrons. The topological polar surface area (TPSA) is 59.6 Å². The number of carbonyl (C=O) groups excluding carboxylic acids is 1. The Bertz CT molecular complexity index is 107. The number of urea groups is 1. The first-order valence-electron chi connectivity index (χ1n) is 3.89. The van der Waals surface area contributed by atoms with Crippen molar-refractivity contribution in [2.24, 2.45) is 0 Å². The van der Waals surface area contributed by atoms with E-state index in [-0.39, 0.29) is 12.8 Å². The summed E-state index contributed by atoms with van der Waals surface area (Å²) in [6.07, 6.45) is 0. The Labute approximate surface area is 72.4 Å². The molecule has 5 heteroatoms. The third-order valence-corrected chi connectivity index (χ3v) is 1.13. The van der Waals surface area contributed by atoms with Crippen LogP contribution in [0.1, 0.15) is 6.92 Å². The first kappa shape index (κ1) is 11.2. The first-order chi connectivity index (χ1) is 5.81. The predicted molar refractivity (Wildman–Crippen MR) is 44.9 cm³/mol. The lowest BCUT2D eigenvalue weighted by molar-refractivity contribution is 0.131. The third-order valence-electron chi connectivity index (χ3n) is 1.13.